The van der Waals surface area contributed by atoms with E-state index >= 15 is 0 Å². The molecule has 1 saturated heterocycles. The van der Waals surface area contributed by atoms with Crippen LogP contribution in [-0.2, 0) is 25.5 Å². The highest BCUT2D eigenvalue weighted by molar-refractivity contribution is 5.95. The summed E-state index contributed by atoms with van der Waals surface area (Å²) in [6.45, 7) is 13.4. The number of likely N-dealkylation sites (N-methyl/N-ethyl adjacent to an activating group) is 1. The number of rotatable bonds is 11. The molecule has 0 bridgehead atoms. The van der Waals surface area contributed by atoms with Gasteiger partial charge in [0.15, 0.2) is 0 Å². The van der Waals surface area contributed by atoms with Crippen LogP contribution in [0.15, 0.2) is 66.8 Å². The number of methoxy groups -OCH3 is 1. The highest BCUT2D eigenvalue weighted by atomic mass is 16.6. The summed E-state index contributed by atoms with van der Waals surface area (Å²) in [7, 11) is 3.66. The van der Waals surface area contributed by atoms with Crippen LogP contribution in [0.4, 0.5) is 10.5 Å². The van der Waals surface area contributed by atoms with Gasteiger partial charge in [-0.1, -0.05) is 38.6 Å². The third-order valence-corrected chi connectivity index (χ3v) is 10.5. The predicted octanol–water partition coefficient (Wildman–Crippen LogP) is 5.65. The van der Waals surface area contributed by atoms with E-state index in [1.807, 2.05) is 30.3 Å². The van der Waals surface area contributed by atoms with E-state index in [2.05, 4.69) is 41.3 Å². The average Bonchev–Trinajstić information content (AvgIpc) is 3.86. The van der Waals surface area contributed by atoms with Crippen LogP contribution < -0.4 is 25.0 Å². The number of hydrogen-bond acceptors (Lipinski definition) is 9. The first-order valence-electron chi connectivity index (χ1n) is 18.7. The number of likely N-dealkylation sites (tertiary alicyclic amines) is 1. The van der Waals surface area contributed by atoms with Crippen LogP contribution in [-0.4, -0.2) is 95.4 Å². The van der Waals surface area contributed by atoms with E-state index in [1.54, 1.807) is 53.9 Å². The summed E-state index contributed by atoms with van der Waals surface area (Å²) < 4.78 is 17.7. The maximum absolute atomic E-state index is 14.4. The summed E-state index contributed by atoms with van der Waals surface area (Å²) in [5.74, 6) is -1.58. The molecule has 2 aromatic carbocycles. The molecule has 1 fully saturated rings. The largest absolute Gasteiger partial charge is 0.497 e. The number of hydrogen-bond donors (Lipinski definition) is 3. The van der Waals surface area contributed by atoms with E-state index in [9.17, 15) is 24.3 Å². The Labute approximate surface area is 321 Å². The Morgan fingerprint density at radius 1 is 1.11 bits per heavy atom. The van der Waals surface area contributed by atoms with Gasteiger partial charge in [0.05, 0.1) is 24.9 Å². The van der Waals surface area contributed by atoms with Gasteiger partial charge in [-0.3, -0.25) is 9.59 Å². The van der Waals surface area contributed by atoms with Crippen molar-refractivity contribution in [3.63, 3.8) is 0 Å². The number of aliphatic carboxylic acids is 1. The highest BCUT2D eigenvalue weighted by Gasteiger charge is 2.49. The van der Waals surface area contributed by atoms with Gasteiger partial charge in [0.25, 0.3) is 0 Å². The molecule has 292 valence electrons. The standard InChI is InChI=1S/C42H51N5O8/c1-9-25-14-16-42(22-25,39(50)51)45-37(48)34-20-29(23-47(34)38(49)36(24(2)3)44-40(52)55-41(4,5)6)54-35-21-31(43-32-19-28(53-8)11-12-30(32)35)26-10-13-33-27(18-26)15-17-46(33)7/h9-14,18-19,21,24,29,34,36H,1,15-17,20,22-23H2,2-8H3,(H,44,52)(H,45,48)(H,50,51)/t29-,34+,36+,42?/m1/s1. The van der Waals surface area contributed by atoms with Crippen molar-refractivity contribution in [2.75, 3.05) is 32.1 Å². The van der Waals surface area contributed by atoms with Gasteiger partial charge < -0.3 is 39.8 Å². The number of benzene rings is 2. The second-order valence-electron chi connectivity index (χ2n) is 16.0. The van der Waals surface area contributed by atoms with Gasteiger partial charge in [0.1, 0.15) is 40.8 Å². The summed E-state index contributed by atoms with van der Waals surface area (Å²) in [5, 5.41) is 16.5. The molecule has 13 heteroatoms. The maximum Gasteiger partial charge on any atom is 0.408 e. The fourth-order valence-electron chi connectivity index (χ4n) is 7.54. The molecule has 0 spiro atoms. The summed E-state index contributed by atoms with van der Waals surface area (Å²) in [5.41, 5.74) is 2.96. The van der Waals surface area contributed by atoms with E-state index < -0.39 is 53.2 Å². The number of fused-ring (bicyclic) bond motifs is 2. The zero-order valence-electron chi connectivity index (χ0n) is 32.6. The van der Waals surface area contributed by atoms with Gasteiger partial charge in [-0.05, 0) is 68.5 Å². The van der Waals surface area contributed by atoms with Crippen LogP contribution >= 0.6 is 0 Å². The second kappa shape index (κ2) is 15.3. The molecule has 13 nitrogen and oxygen atoms in total. The van der Waals surface area contributed by atoms with E-state index in [0.717, 1.165) is 18.5 Å². The minimum Gasteiger partial charge on any atom is -0.497 e. The Kier molecular flexibility index (Phi) is 10.9. The molecule has 3 aliphatic rings. The molecular formula is C42H51N5O8. The van der Waals surface area contributed by atoms with Crippen molar-refractivity contribution in [2.24, 2.45) is 5.92 Å². The van der Waals surface area contributed by atoms with Crippen LogP contribution in [0.3, 0.4) is 0 Å². The number of carboxylic acids is 1. The topological polar surface area (TPSA) is 160 Å². The van der Waals surface area contributed by atoms with Gasteiger partial charge in [0.2, 0.25) is 11.8 Å². The van der Waals surface area contributed by atoms with Gasteiger partial charge >= 0.3 is 12.1 Å². The summed E-state index contributed by atoms with van der Waals surface area (Å²) in [4.78, 5) is 62.8. The molecular weight excluding hydrogens is 702 g/mol. The second-order valence-corrected chi connectivity index (χ2v) is 16.0. The van der Waals surface area contributed by atoms with E-state index in [4.69, 9.17) is 19.2 Å². The molecule has 6 rings (SSSR count). The molecule has 3 aromatic rings. The molecule has 1 aliphatic carbocycles. The molecule has 1 aromatic heterocycles. The molecule has 0 radical (unpaired) electrons. The zero-order chi connectivity index (χ0) is 39.8. The number of nitrogens with zero attached hydrogens (tertiary/aromatic N) is 3. The summed E-state index contributed by atoms with van der Waals surface area (Å²) in [6, 6.07) is 11.5. The Morgan fingerprint density at radius 2 is 1.87 bits per heavy atom. The normalized spacial score (nSPS) is 21.2. The summed E-state index contributed by atoms with van der Waals surface area (Å²) >= 11 is 0. The monoisotopic (exact) mass is 753 g/mol. The van der Waals surface area contributed by atoms with Crippen molar-refractivity contribution in [1.82, 2.24) is 20.5 Å². The Morgan fingerprint density at radius 3 is 2.53 bits per heavy atom. The van der Waals surface area contributed by atoms with Crippen molar-refractivity contribution in [3.8, 4) is 22.8 Å². The number of alkyl carbamates (subject to hydrolysis) is 1. The lowest BCUT2D eigenvalue weighted by molar-refractivity contribution is -0.149. The Hall–Kier alpha value is -5.59. The lowest BCUT2D eigenvalue weighted by atomic mass is 9.94. The number of amides is 3. The smallest absolute Gasteiger partial charge is 0.408 e. The molecule has 3 amide bonds. The van der Waals surface area contributed by atoms with Crippen LogP contribution in [0.1, 0.15) is 59.4 Å². The molecule has 1 unspecified atom stereocenters. The first-order valence-corrected chi connectivity index (χ1v) is 18.7. The fourth-order valence-corrected chi connectivity index (χ4v) is 7.54. The number of allylic oxidation sites excluding steroid dienone is 1. The number of carbonyl (C=O) groups is 4. The maximum atomic E-state index is 14.4. The fraction of sp³-hybridized carbons (Fsp3) is 0.452. The van der Waals surface area contributed by atoms with Gasteiger partial charge in [0, 0.05) is 61.6 Å². The number of carbonyl (C=O) groups excluding carboxylic acids is 3. The van der Waals surface area contributed by atoms with Crippen molar-refractivity contribution in [2.45, 2.75) is 89.6 Å². The van der Waals surface area contributed by atoms with Crippen LogP contribution in [0, 0.1) is 5.92 Å². The molecule has 2 aliphatic heterocycles. The Balaban J connectivity index is 1.35. The van der Waals surface area contributed by atoms with Crippen LogP contribution in [0.2, 0.25) is 0 Å². The molecule has 3 N–H and O–H groups in total. The molecule has 3 heterocycles. The van der Waals surface area contributed by atoms with Crippen LogP contribution in [0.5, 0.6) is 11.5 Å². The summed E-state index contributed by atoms with van der Waals surface area (Å²) in [6.07, 6.45) is 2.97. The number of pyridine rings is 1. The van der Waals surface area contributed by atoms with Gasteiger partial charge in [-0.25, -0.2) is 14.6 Å². The SMILES string of the molecule is C=CC1=CCC(NC(=O)[C@@H]2C[C@@H](Oc3cc(-c4ccc5c(c4)CCN5C)nc4cc(OC)ccc34)CN2C(=O)[C@@H](NC(=O)OC(C)(C)C)C(C)C)(C(=O)O)C1. The first kappa shape index (κ1) is 39.1. The first-order chi connectivity index (χ1) is 26.0. The number of nitrogens with one attached hydrogen (secondary N) is 2. The van der Waals surface area contributed by atoms with Crippen molar-refractivity contribution >= 4 is 40.5 Å². The minimum absolute atomic E-state index is 0.00709. The van der Waals surface area contributed by atoms with E-state index in [1.165, 1.54) is 16.2 Å². The lowest BCUT2D eigenvalue weighted by Gasteiger charge is -2.33. The van der Waals surface area contributed by atoms with E-state index in [-0.39, 0.29) is 31.7 Å². The van der Waals surface area contributed by atoms with E-state index in [0.29, 0.717) is 33.7 Å². The van der Waals surface area contributed by atoms with Gasteiger partial charge in [-0.2, -0.15) is 0 Å². The minimum atomic E-state index is -1.60. The average molecular weight is 754 g/mol. The van der Waals surface area contributed by atoms with Crippen molar-refractivity contribution in [3.05, 3.63) is 72.3 Å². The third-order valence-electron chi connectivity index (χ3n) is 10.5. The van der Waals surface area contributed by atoms with Crippen molar-refractivity contribution in [1.29, 1.82) is 0 Å². The molecule has 0 saturated carbocycles. The quantitative estimate of drug-likeness (QED) is 0.224. The Bertz CT molecular complexity index is 2050. The number of carboxylic acid groups (broad SMARTS) is 1. The molecule has 55 heavy (non-hydrogen) atoms. The van der Waals surface area contributed by atoms with Gasteiger partial charge in [-0.15, -0.1) is 0 Å². The highest BCUT2D eigenvalue weighted by Crippen LogP contribution is 2.38. The van der Waals surface area contributed by atoms with Crippen LogP contribution in [0.25, 0.3) is 22.2 Å². The predicted molar refractivity (Wildman–Crippen MR) is 209 cm³/mol. The van der Waals surface area contributed by atoms with Crippen molar-refractivity contribution < 1.29 is 38.5 Å². The third kappa shape index (κ3) is 8.25. The zero-order valence-corrected chi connectivity index (χ0v) is 32.6. The molecule has 4 atom stereocenters. The number of ether oxygens (including phenoxy) is 3. The lowest BCUT2D eigenvalue weighted by Crippen LogP contribution is -2.60. The number of anilines is 1. The number of aromatic nitrogens is 1.